The summed E-state index contributed by atoms with van der Waals surface area (Å²) in [6, 6.07) is -0.440. The van der Waals surface area contributed by atoms with E-state index in [4.69, 9.17) is 6.42 Å². The zero-order chi connectivity index (χ0) is 11.3. The van der Waals surface area contributed by atoms with E-state index in [0.29, 0.717) is 19.6 Å². The highest BCUT2D eigenvalue weighted by Gasteiger charge is 2.30. The molecular formula is C10H15N3O2. The van der Waals surface area contributed by atoms with Crippen LogP contribution in [0.25, 0.3) is 0 Å². The molecule has 5 heteroatoms. The monoisotopic (exact) mass is 209 g/mol. The van der Waals surface area contributed by atoms with Crippen LogP contribution in [-0.2, 0) is 9.59 Å². The van der Waals surface area contributed by atoms with Crippen LogP contribution in [0.5, 0.6) is 0 Å². The lowest BCUT2D eigenvalue weighted by Gasteiger charge is -2.34. The summed E-state index contributed by atoms with van der Waals surface area (Å²) in [6.07, 6.45) is 5.13. The maximum absolute atomic E-state index is 11.6. The number of nitrogens with one attached hydrogen (secondary N) is 2. The van der Waals surface area contributed by atoms with Crippen LogP contribution in [-0.4, -0.2) is 49.4 Å². The molecule has 0 spiro atoms. The van der Waals surface area contributed by atoms with E-state index in [2.05, 4.69) is 16.6 Å². The minimum atomic E-state index is -0.440. The number of carbonyl (C=O) groups is 2. The minimum Gasteiger partial charge on any atom is -0.357 e. The highest BCUT2D eigenvalue weighted by molar-refractivity contribution is 5.88. The fourth-order valence-electron chi connectivity index (χ4n) is 1.59. The molecule has 1 aliphatic heterocycles. The van der Waals surface area contributed by atoms with Gasteiger partial charge in [0.2, 0.25) is 11.8 Å². The Labute approximate surface area is 89.2 Å². The van der Waals surface area contributed by atoms with Crippen LogP contribution in [0.4, 0.5) is 0 Å². The van der Waals surface area contributed by atoms with Crippen LogP contribution < -0.4 is 10.6 Å². The van der Waals surface area contributed by atoms with Gasteiger partial charge in [-0.05, 0) is 0 Å². The van der Waals surface area contributed by atoms with E-state index in [9.17, 15) is 9.59 Å². The first-order chi connectivity index (χ1) is 7.20. The molecule has 2 amide bonds. The first-order valence-electron chi connectivity index (χ1n) is 4.86. The lowest BCUT2D eigenvalue weighted by Crippen LogP contribution is -2.59. The highest BCUT2D eigenvalue weighted by atomic mass is 16.2. The van der Waals surface area contributed by atoms with Gasteiger partial charge in [0.05, 0.1) is 6.42 Å². The zero-order valence-electron chi connectivity index (χ0n) is 8.75. The molecule has 1 atom stereocenters. The van der Waals surface area contributed by atoms with Crippen molar-refractivity contribution in [3.05, 3.63) is 0 Å². The van der Waals surface area contributed by atoms with Crippen molar-refractivity contribution in [1.29, 1.82) is 0 Å². The summed E-state index contributed by atoms with van der Waals surface area (Å²) in [6.45, 7) is 1.71. The van der Waals surface area contributed by atoms with Crippen LogP contribution in [0, 0.1) is 12.3 Å². The summed E-state index contributed by atoms with van der Waals surface area (Å²) in [5.74, 6) is 1.98. The van der Waals surface area contributed by atoms with Crippen molar-refractivity contribution in [2.45, 2.75) is 12.5 Å². The molecule has 1 fully saturated rings. The fraction of sp³-hybridized carbons (Fsp3) is 0.600. The summed E-state index contributed by atoms with van der Waals surface area (Å²) in [4.78, 5) is 24.6. The largest absolute Gasteiger partial charge is 0.357 e. The molecule has 5 nitrogen and oxygen atoms in total. The number of likely N-dealkylation sites (N-methyl/N-ethyl adjacent to an activating group) is 1. The Balaban J connectivity index is 2.70. The van der Waals surface area contributed by atoms with Gasteiger partial charge in [-0.15, -0.1) is 6.42 Å². The first kappa shape index (κ1) is 11.5. The molecule has 0 aromatic heterocycles. The van der Waals surface area contributed by atoms with Gasteiger partial charge in [-0.2, -0.15) is 0 Å². The van der Waals surface area contributed by atoms with Crippen molar-refractivity contribution in [2.75, 3.05) is 26.7 Å². The Hall–Kier alpha value is -1.54. The van der Waals surface area contributed by atoms with Crippen molar-refractivity contribution in [2.24, 2.45) is 0 Å². The lowest BCUT2D eigenvalue weighted by molar-refractivity contribution is -0.140. The molecule has 1 unspecified atom stereocenters. The van der Waals surface area contributed by atoms with Crippen molar-refractivity contribution < 1.29 is 9.59 Å². The Morgan fingerprint density at radius 1 is 1.67 bits per heavy atom. The molecule has 1 rings (SSSR count). The van der Waals surface area contributed by atoms with Gasteiger partial charge in [0.25, 0.3) is 0 Å². The van der Waals surface area contributed by atoms with Crippen molar-refractivity contribution in [1.82, 2.24) is 15.5 Å². The molecule has 1 aliphatic rings. The SMILES string of the molecule is C#CCC(=O)N1CCNCC1C(=O)NC. The lowest BCUT2D eigenvalue weighted by atomic mass is 10.1. The van der Waals surface area contributed by atoms with Gasteiger partial charge in [0, 0.05) is 26.7 Å². The Morgan fingerprint density at radius 2 is 2.40 bits per heavy atom. The van der Waals surface area contributed by atoms with Crippen LogP contribution in [0.1, 0.15) is 6.42 Å². The highest BCUT2D eigenvalue weighted by Crippen LogP contribution is 2.05. The van der Waals surface area contributed by atoms with Crippen LogP contribution in [0.15, 0.2) is 0 Å². The van der Waals surface area contributed by atoms with Crippen LogP contribution >= 0.6 is 0 Å². The molecule has 0 bridgehead atoms. The molecule has 1 saturated heterocycles. The van der Waals surface area contributed by atoms with E-state index in [1.54, 1.807) is 7.05 Å². The second-order valence-electron chi connectivity index (χ2n) is 3.30. The summed E-state index contributed by atoms with van der Waals surface area (Å²) < 4.78 is 0. The van der Waals surface area contributed by atoms with E-state index >= 15 is 0 Å². The number of hydrogen-bond donors (Lipinski definition) is 2. The number of carbonyl (C=O) groups excluding carboxylic acids is 2. The molecular weight excluding hydrogens is 194 g/mol. The average molecular weight is 209 g/mol. The second-order valence-corrected chi connectivity index (χ2v) is 3.30. The normalized spacial score (nSPS) is 20.5. The topological polar surface area (TPSA) is 61.4 Å². The Morgan fingerprint density at radius 3 is 3.00 bits per heavy atom. The smallest absolute Gasteiger partial charge is 0.243 e. The van der Waals surface area contributed by atoms with Gasteiger partial charge >= 0.3 is 0 Å². The Bertz CT molecular complexity index is 296. The minimum absolute atomic E-state index is 0.0491. The van der Waals surface area contributed by atoms with Crippen molar-refractivity contribution in [3.8, 4) is 12.3 Å². The number of terminal acetylenes is 1. The third-order valence-corrected chi connectivity index (χ3v) is 2.37. The number of hydrogen-bond acceptors (Lipinski definition) is 3. The zero-order valence-corrected chi connectivity index (χ0v) is 8.75. The van der Waals surface area contributed by atoms with Gasteiger partial charge in [-0.3, -0.25) is 9.59 Å². The summed E-state index contributed by atoms with van der Waals surface area (Å²) in [5.41, 5.74) is 0. The number of amides is 2. The standard InChI is InChI=1S/C10H15N3O2/c1-3-4-9(14)13-6-5-12-7-8(13)10(15)11-2/h1,8,12H,4-7H2,2H3,(H,11,15). The predicted molar refractivity (Wildman–Crippen MR) is 55.9 cm³/mol. The maximum atomic E-state index is 11.6. The molecule has 0 radical (unpaired) electrons. The summed E-state index contributed by atoms with van der Waals surface area (Å²) in [7, 11) is 1.56. The number of piperazine rings is 1. The molecule has 15 heavy (non-hydrogen) atoms. The fourth-order valence-corrected chi connectivity index (χ4v) is 1.59. The number of rotatable bonds is 2. The molecule has 0 aromatic carbocycles. The van der Waals surface area contributed by atoms with Crippen molar-refractivity contribution in [3.63, 3.8) is 0 Å². The second kappa shape index (κ2) is 5.37. The molecule has 82 valence electrons. The van der Waals surface area contributed by atoms with Gasteiger partial charge in [-0.25, -0.2) is 0 Å². The molecule has 2 N–H and O–H groups in total. The third-order valence-electron chi connectivity index (χ3n) is 2.37. The van der Waals surface area contributed by atoms with E-state index in [0.717, 1.165) is 0 Å². The predicted octanol–water partition coefficient (Wildman–Crippen LogP) is -1.44. The van der Waals surface area contributed by atoms with Gasteiger partial charge in [-0.1, -0.05) is 5.92 Å². The quantitative estimate of drug-likeness (QED) is 0.547. The first-order valence-corrected chi connectivity index (χ1v) is 4.86. The van der Waals surface area contributed by atoms with E-state index < -0.39 is 6.04 Å². The average Bonchev–Trinajstić information content (AvgIpc) is 2.28. The van der Waals surface area contributed by atoms with Gasteiger partial charge < -0.3 is 15.5 Å². The van der Waals surface area contributed by atoms with E-state index in [1.165, 1.54) is 4.90 Å². The van der Waals surface area contributed by atoms with E-state index in [1.807, 2.05) is 0 Å². The third kappa shape index (κ3) is 2.70. The van der Waals surface area contributed by atoms with E-state index in [-0.39, 0.29) is 18.2 Å². The summed E-state index contributed by atoms with van der Waals surface area (Å²) >= 11 is 0. The molecule has 1 heterocycles. The van der Waals surface area contributed by atoms with Gasteiger partial charge in [0.15, 0.2) is 0 Å². The number of nitrogens with zero attached hydrogens (tertiary/aromatic N) is 1. The molecule has 0 saturated carbocycles. The molecule has 0 aliphatic carbocycles. The Kier molecular flexibility index (Phi) is 4.13. The van der Waals surface area contributed by atoms with Gasteiger partial charge in [0.1, 0.15) is 6.04 Å². The maximum Gasteiger partial charge on any atom is 0.243 e. The summed E-state index contributed by atoms with van der Waals surface area (Å²) in [5, 5.41) is 5.61. The van der Waals surface area contributed by atoms with Crippen LogP contribution in [0.3, 0.4) is 0 Å². The van der Waals surface area contributed by atoms with Crippen molar-refractivity contribution >= 4 is 11.8 Å². The van der Waals surface area contributed by atoms with Crippen LogP contribution in [0.2, 0.25) is 0 Å². The molecule has 0 aromatic rings.